The van der Waals surface area contributed by atoms with Gasteiger partial charge in [0.2, 0.25) is 0 Å². The summed E-state index contributed by atoms with van der Waals surface area (Å²) in [5, 5.41) is 0. The molecule has 0 aliphatic heterocycles. The molecule has 0 fully saturated rings. The second kappa shape index (κ2) is 40.5. The summed E-state index contributed by atoms with van der Waals surface area (Å²) >= 11 is 0. The quantitative estimate of drug-likeness (QED) is 0.446. The molecule has 1 radical (unpaired) electrons. The zero-order chi connectivity index (χ0) is 0. The third-order valence-electron chi connectivity index (χ3n) is 0. The SMILES string of the molecule is F.F.[Cu].[Fe]. The Balaban J connectivity index is 0. The third kappa shape index (κ3) is 12.9. The average molecular weight is 159 g/mol. The van der Waals surface area contributed by atoms with Crippen LogP contribution < -0.4 is 0 Å². The van der Waals surface area contributed by atoms with Crippen LogP contribution in [0.1, 0.15) is 0 Å². The fourth-order valence-electron chi connectivity index (χ4n) is 0. The van der Waals surface area contributed by atoms with Gasteiger partial charge in [-0.15, -0.1) is 0 Å². The Morgan fingerprint density at radius 3 is 0.750 bits per heavy atom. The molecule has 0 amide bonds. The summed E-state index contributed by atoms with van der Waals surface area (Å²) in [6.07, 6.45) is 0. The van der Waals surface area contributed by atoms with E-state index in [2.05, 4.69) is 0 Å². The van der Waals surface area contributed by atoms with Gasteiger partial charge in [-0.25, -0.2) is 0 Å². The van der Waals surface area contributed by atoms with Crippen molar-refractivity contribution in [1.82, 2.24) is 0 Å². The minimum atomic E-state index is 0. The van der Waals surface area contributed by atoms with E-state index in [4.69, 9.17) is 0 Å². The Hall–Kier alpha value is 0.899. The van der Waals surface area contributed by atoms with Crippen LogP contribution >= 0.6 is 0 Å². The van der Waals surface area contributed by atoms with E-state index >= 15 is 0 Å². The van der Waals surface area contributed by atoms with E-state index in [0.29, 0.717) is 0 Å². The van der Waals surface area contributed by atoms with Crippen molar-refractivity contribution in [2.24, 2.45) is 0 Å². The molecular formula is H2CuF2Fe. The van der Waals surface area contributed by atoms with Crippen molar-refractivity contribution in [3.63, 3.8) is 0 Å². The van der Waals surface area contributed by atoms with Gasteiger partial charge in [-0.3, -0.25) is 9.41 Å². The van der Waals surface area contributed by atoms with Gasteiger partial charge in [0, 0.05) is 34.1 Å². The smallest absolute Gasteiger partial charge is 0 e. The van der Waals surface area contributed by atoms with Crippen LogP contribution in [0.25, 0.3) is 0 Å². The zero-order valence-electron chi connectivity index (χ0n) is 1.47. The first kappa shape index (κ1) is 92.2. The van der Waals surface area contributed by atoms with Gasteiger partial charge < -0.3 is 0 Å². The second-order valence-electron chi connectivity index (χ2n) is 0. The summed E-state index contributed by atoms with van der Waals surface area (Å²) in [4.78, 5) is 0. The molecule has 4 heavy (non-hydrogen) atoms. The Kier molecular flexibility index (Phi) is 934. The van der Waals surface area contributed by atoms with E-state index in [1.165, 1.54) is 0 Å². The first-order chi connectivity index (χ1) is 0. The number of hydrogen-bond acceptors (Lipinski definition) is 0. The van der Waals surface area contributed by atoms with Crippen LogP contribution in [-0.4, -0.2) is 0 Å². The average Bonchev–Trinajstić information content (AvgIpc) is 0. The maximum absolute atomic E-state index is 0. The standard InChI is InChI=1S/Cu.2FH.Fe/h;2*1H;. The molecule has 0 aliphatic rings. The van der Waals surface area contributed by atoms with Crippen LogP contribution in [-0.2, 0) is 34.1 Å². The van der Waals surface area contributed by atoms with Gasteiger partial charge in [-0.05, 0) is 0 Å². The van der Waals surface area contributed by atoms with Crippen molar-refractivity contribution >= 4 is 0 Å². The van der Waals surface area contributed by atoms with Crippen molar-refractivity contribution in [3.05, 3.63) is 0 Å². The zero-order valence-corrected chi connectivity index (χ0v) is 3.52. The monoisotopic (exact) mass is 159 g/mol. The van der Waals surface area contributed by atoms with E-state index in [1.807, 2.05) is 0 Å². The van der Waals surface area contributed by atoms with Crippen LogP contribution in [0.2, 0.25) is 0 Å². The van der Waals surface area contributed by atoms with Gasteiger partial charge in [0.05, 0.1) is 0 Å². The topological polar surface area (TPSA) is 0 Å². The molecule has 0 aromatic rings. The van der Waals surface area contributed by atoms with Crippen LogP contribution in [0.5, 0.6) is 0 Å². The van der Waals surface area contributed by atoms with Crippen molar-refractivity contribution in [3.8, 4) is 0 Å². The van der Waals surface area contributed by atoms with Crippen molar-refractivity contribution < 1.29 is 43.5 Å². The molecule has 0 saturated heterocycles. The van der Waals surface area contributed by atoms with Gasteiger partial charge in [-0.2, -0.15) is 0 Å². The summed E-state index contributed by atoms with van der Waals surface area (Å²) in [5.41, 5.74) is 0. The van der Waals surface area contributed by atoms with Crippen molar-refractivity contribution in [2.45, 2.75) is 0 Å². The molecule has 0 unspecified atom stereocenters. The molecule has 35 valence electrons. The molecule has 0 spiro atoms. The Labute approximate surface area is 44.0 Å². The molecule has 0 N–H and O–H groups in total. The number of hydrogen-bond donors (Lipinski definition) is 0. The molecule has 0 atom stereocenters. The predicted molar refractivity (Wildman–Crippen MR) is 5.01 cm³/mol. The summed E-state index contributed by atoms with van der Waals surface area (Å²) in [7, 11) is 0. The van der Waals surface area contributed by atoms with Gasteiger partial charge in [0.1, 0.15) is 0 Å². The van der Waals surface area contributed by atoms with Gasteiger partial charge in [0.25, 0.3) is 0 Å². The van der Waals surface area contributed by atoms with Crippen molar-refractivity contribution in [2.75, 3.05) is 0 Å². The Bertz CT molecular complexity index is 6.00. The van der Waals surface area contributed by atoms with Gasteiger partial charge in [-0.1, -0.05) is 0 Å². The Morgan fingerprint density at radius 2 is 0.750 bits per heavy atom. The van der Waals surface area contributed by atoms with E-state index in [9.17, 15) is 0 Å². The predicted octanol–water partition coefficient (Wildman–Crippen LogP) is 0.300. The minimum Gasteiger partial charge on any atom is -0.269 e. The first-order valence-corrected chi connectivity index (χ1v) is 0. The molecule has 0 saturated carbocycles. The van der Waals surface area contributed by atoms with E-state index in [0.717, 1.165) is 0 Å². The van der Waals surface area contributed by atoms with E-state index < -0.39 is 0 Å². The molecule has 0 aliphatic carbocycles. The molecular weight excluding hydrogens is 157 g/mol. The Morgan fingerprint density at radius 1 is 0.750 bits per heavy atom. The van der Waals surface area contributed by atoms with Crippen LogP contribution in [0.3, 0.4) is 0 Å². The van der Waals surface area contributed by atoms with Crippen LogP contribution in [0.4, 0.5) is 9.41 Å². The number of rotatable bonds is 0. The molecule has 4 heteroatoms. The molecule has 0 aromatic heterocycles. The maximum atomic E-state index is 0. The van der Waals surface area contributed by atoms with E-state index in [1.54, 1.807) is 0 Å². The molecule has 0 aromatic carbocycles. The first-order valence-electron chi connectivity index (χ1n) is 0. The second-order valence-corrected chi connectivity index (χ2v) is 0. The molecule has 0 rings (SSSR count). The fourth-order valence-corrected chi connectivity index (χ4v) is 0. The largest absolute Gasteiger partial charge is 0.269 e. The summed E-state index contributed by atoms with van der Waals surface area (Å²) < 4.78 is 0. The number of halogens is 2. The van der Waals surface area contributed by atoms with Gasteiger partial charge >= 0.3 is 0 Å². The maximum Gasteiger partial charge on any atom is 0 e. The normalized spacial score (nSPS) is 0. The van der Waals surface area contributed by atoms with Crippen LogP contribution in [0, 0.1) is 0 Å². The summed E-state index contributed by atoms with van der Waals surface area (Å²) in [6, 6.07) is 0. The minimum absolute atomic E-state index is 0. The molecule has 0 bridgehead atoms. The van der Waals surface area contributed by atoms with E-state index in [-0.39, 0.29) is 43.5 Å². The van der Waals surface area contributed by atoms with Gasteiger partial charge in [0.15, 0.2) is 0 Å². The van der Waals surface area contributed by atoms with Crippen LogP contribution in [0.15, 0.2) is 0 Å². The molecule has 0 heterocycles. The molecule has 0 nitrogen and oxygen atoms in total. The summed E-state index contributed by atoms with van der Waals surface area (Å²) in [5.74, 6) is 0. The van der Waals surface area contributed by atoms with Crippen molar-refractivity contribution in [1.29, 1.82) is 0 Å². The summed E-state index contributed by atoms with van der Waals surface area (Å²) in [6.45, 7) is 0. The third-order valence-corrected chi connectivity index (χ3v) is 0. The fraction of sp³-hybridized carbons (Fsp3) is 0.